The van der Waals surface area contributed by atoms with Crippen LogP contribution in [0.2, 0.25) is 0 Å². The predicted octanol–water partition coefficient (Wildman–Crippen LogP) is 5.58. The molecular formula is C27H20BrN3O5S. The van der Waals surface area contributed by atoms with Crippen LogP contribution in [-0.4, -0.2) is 35.6 Å². The summed E-state index contributed by atoms with van der Waals surface area (Å²) >= 11 is 4.11. The van der Waals surface area contributed by atoms with Crippen molar-refractivity contribution in [2.45, 2.75) is 6.61 Å². The number of nitriles is 1. The Bertz CT molecular complexity index is 1450. The SMILES string of the molecule is COc1cc(/C=C2\SC(=O)N(CC(=O)Nc3ccccc3Br)C2=O)ccc1OCc1ccccc1C#N. The van der Waals surface area contributed by atoms with Gasteiger partial charge in [-0.2, -0.15) is 5.26 Å². The topological polar surface area (TPSA) is 109 Å². The molecule has 3 aromatic rings. The zero-order valence-electron chi connectivity index (χ0n) is 19.6. The van der Waals surface area contributed by atoms with E-state index in [1.807, 2.05) is 18.2 Å². The molecular weight excluding hydrogens is 558 g/mol. The molecule has 8 nitrogen and oxygen atoms in total. The van der Waals surface area contributed by atoms with Gasteiger partial charge in [0, 0.05) is 10.0 Å². The highest BCUT2D eigenvalue weighted by Gasteiger charge is 2.36. The van der Waals surface area contributed by atoms with E-state index in [0.717, 1.165) is 22.2 Å². The van der Waals surface area contributed by atoms with Gasteiger partial charge in [0.05, 0.1) is 29.3 Å². The molecule has 0 unspecified atom stereocenters. The molecule has 4 rings (SSSR count). The first-order valence-electron chi connectivity index (χ1n) is 11.0. The normalized spacial score (nSPS) is 14.0. The van der Waals surface area contributed by atoms with Crippen LogP contribution in [0.5, 0.6) is 11.5 Å². The summed E-state index contributed by atoms with van der Waals surface area (Å²) in [5, 5.41) is 11.4. The van der Waals surface area contributed by atoms with Crippen LogP contribution >= 0.6 is 27.7 Å². The van der Waals surface area contributed by atoms with Gasteiger partial charge < -0.3 is 14.8 Å². The molecule has 37 heavy (non-hydrogen) atoms. The number of benzene rings is 3. The third-order valence-corrected chi connectivity index (χ3v) is 6.93. The summed E-state index contributed by atoms with van der Waals surface area (Å²) in [6, 6.07) is 21.4. The maximum atomic E-state index is 12.9. The van der Waals surface area contributed by atoms with Crippen LogP contribution < -0.4 is 14.8 Å². The van der Waals surface area contributed by atoms with Gasteiger partial charge in [-0.3, -0.25) is 19.3 Å². The molecule has 0 atom stereocenters. The van der Waals surface area contributed by atoms with E-state index >= 15 is 0 Å². The van der Waals surface area contributed by atoms with E-state index in [-0.39, 0.29) is 11.5 Å². The smallest absolute Gasteiger partial charge is 0.294 e. The van der Waals surface area contributed by atoms with E-state index in [9.17, 15) is 19.6 Å². The molecule has 1 N–H and O–H groups in total. The van der Waals surface area contributed by atoms with Crippen molar-refractivity contribution < 1.29 is 23.9 Å². The minimum Gasteiger partial charge on any atom is -0.493 e. The molecule has 3 amide bonds. The molecule has 1 fully saturated rings. The first-order valence-corrected chi connectivity index (χ1v) is 12.6. The van der Waals surface area contributed by atoms with Crippen molar-refractivity contribution in [3.05, 3.63) is 92.8 Å². The number of methoxy groups -OCH3 is 1. The number of hydrogen-bond donors (Lipinski definition) is 1. The quantitative estimate of drug-likeness (QED) is 0.348. The van der Waals surface area contributed by atoms with Crippen molar-refractivity contribution in [1.82, 2.24) is 4.90 Å². The van der Waals surface area contributed by atoms with Crippen molar-refractivity contribution in [3.63, 3.8) is 0 Å². The summed E-state index contributed by atoms with van der Waals surface area (Å²) in [6.07, 6.45) is 1.56. The first-order chi connectivity index (χ1) is 17.9. The number of anilines is 1. The molecule has 1 aliphatic rings. The average molecular weight is 578 g/mol. The van der Waals surface area contributed by atoms with E-state index in [1.165, 1.54) is 7.11 Å². The van der Waals surface area contributed by atoms with Gasteiger partial charge in [0.15, 0.2) is 11.5 Å². The van der Waals surface area contributed by atoms with E-state index in [2.05, 4.69) is 27.3 Å². The van der Waals surface area contributed by atoms with Crippen molar-refractivity contribution >= 4 is 56.5 Å². The molecule has 10 heteroatoms. The van der Waals surface area contributed by atoms with Gasteiger partial charge >= 0.3 is 0 Å². The van der Waals surface area contributed by atoms with Crippen LogP contribution in [-0.2, 0) is 16.2 Å². The van der Waals surface area contributed by atoms with Crippen molar-refractivity contribution in [1.29, 1.82) is 5.26 Å². The van der Waals surface area contributed by atoms with Gasteiger partial charge in [-0.25, -0.2) is 0 Å². The molecule has 1 heterocycles. The zero-order valence-corrected chi connectivity index (χ0v) is 22.0. The first kappa shape index (κ1) is 26.0. The number of halogens is 1. The Morgan fingerprint density at radius 2 is 1.86 bits per heavy atom. The number of nitrogens with zero attached hydrogens (tertiary/aromatic N) is 2. The largest absolute Gasteiger partial charge is 0.493 e. The zero-order chi connectivity index (χ0) is 26.4. The predicted molar refractivity (Wildman–Crippen MR) is 144 cm³/mol. The molecule has 1 aliphatic heterocycles. The highest BCUT2D eigenvalue weighted by molar-refractivity contribution is 9.10. The number of hydrogen-bond acceptors (Lipinski definition) is 7. The Morgan fingerprint density at radius 3 is 2.62 bits per heavy atom. The van der Waals surface area contributed by atoms with Crippen molar-refractivity contribution in [2.24, 2.45) is 0 Å². The summed E-state index contributed by atoms with van der Waals surface area (Å²) in [4.78, 5) is 38.9. The lowest BCUT2D eigenvalue weighted by Crippen LogP contribution is -2.36. The van der Waals surface area contributed by atoms with Gasteiger partial charge in [-0.1, -0.05) is 36.4 Å². The molecule has 0 aromatic heterocycles. The molecule has 0 radical (unpaired) electrons. The van der Waals surface area contributed by atoms with Gasteiger partial charge in [-0.05, 0) is 69.7 Å². The molecule has 0 saturated carbocycles. The number of para-hydroxylation sites is 1. The number of carbonyl (C=O) groups is 3. The highest BCUT2D eigenvalue weighted by Crippen LogP contribution is 2.35. The van der Waals surface area contributed by atoms with Gasteiger partial charge in [0.2, 0.25) is 5.91 Å². The lowest BCUT2D eigenvalue weighted by molar-refractivity contribution is -0.127. The summed E-state index contributed by atoms with van der Waals surface area (Å²) in [6.45, 7) is -0.219. The third kappa shape index (κ3) is 6.20. The standard InChI is InChI=1S/C27H20BrN3O5S/c1-35-23-12-17(10-11-22(23)36-16-19-7-3-2-6-18(19)14-29)13-24-26(33)31(27(34)37-24)15-25(32)30-21-9-5-4-8-20(21)28/h2-13H,15-16H2,1H3,(H,30,32)/b24-13-. The van der Waals surface area contributed by atoms with Gasteiger partial charge in [0.1, 0.15) is 13.2 Å². The Labute approximate surface area is 226 Å². The fraction of sp³-hybridized carbons (Fsp3) is 0.111. The molecule has 0 aliphatic carbocycles. The lowest BCUT2D eigenvalue weighted by Gasteiger charge is -2.13. The Hall–Kier alpha value is -4.07. The fourth-order valence-corrected chi connectivity index (χ4v) is 4.71. The van der Waals surface area contributed by atoms with Crippen LogP contribution in [0.3, 0.4) is 0 Å². The van der Waals surface area contributed by atoms with Crippen LogP contribution in [0, 0.1) is 11.3 Å². The van der Waals surface area contributed by atoms with Gasteiger partial charge in [-0.15, -0.1) is 0 Å². The van der Waals surface area contributed by atoms with E-state index < -0.39 is 23.6 Å². The number of imide groups is 1. The number of thioether (sulfide) groups is 1. The molecule has 1 saturated heterocycles. The van der Waals surface area contributed by atoms with Crippen LogP contribution in [0.4, 0.5) is 10.5 Å². The number of carbonyl (C=O) groups excluding carboxylic acids is 3. The second-order valence-corrected chi connectivity index (χ2v) is 9.61. The Kier molecular flexibility index (Phi) is 8.28. The van der Waals surface area contributed by atoms with E-state index in [4.69, 9.17) is 9.47 Å². The fourth-order valence-electron chi connectivity index (χ4n) is 3.49. The molecule has 186 valence electrons. The third-order valence-electron chi connectivity index (χ3n) is 5.33. The van der Waals surface area contributed by atoms with Crippen LogP contribution in [0.15, 0.2) is 76.1 Å². The average Bonchev–Trinajstić information content (AvgIpc) is 3.16. The number of nitrogens with one attached hydrogen (secondary N) is 1. The molecule has 0 bridgehead atoms. The van der Waals surface area contributed by atoms with Crippen molar-refractivity contribution in [3.8, 4) is 17.6 Å². The maximum Gasteiger partial charge on any atom is 0.294 e. The number of ether oxygens (including phenoxy) is 2. The summed E-state index contributed by atoms with van der Waals surface area (Å²) in [5.41, 5.74) is 2.43. The lowest BCUT2D eigenvalue weighted by atomic mass is 10.1. The second kappa shape index (κ2) is 11.8. The molecule has 0 spiro atoms. The second-order valence-electron chi connectivity index (χ2n) is 7.76. The molecule has 3 aromatic carbocycles. The summed E-state index contributed by atoms with van der Waals surface area (Å²) in [7, 11) is 1.49. The Balaban J connectivity index is 1.44. The summed E-state index contributed by atoms with van der Waals surface area (Å²) in [5.74, 6) is -0.152. The number of amides is 3. The Morgan fingerprint density at radius 1 is 1.11 bits per heavy atom. The monoisotopic (exact) mass is 577 g/mol. The van der Waals surface area contributed by atoms with E-state index in [0.29, 0.717) is 32.8 Å². The number of rotatable bonds is 8. The van der Waals surface area contributed by atoms with E-state index in [1.54, 1.807) is 54.6 Å². The summed E-state index contributed by atoms with van der Waals surface area (Å²) < 4.78 is 12.0. The minimum atomic E-state index is -0.551. The van der Waals surface area contributed by atoms with Crippen LogP contribution in [0.1, 0.15) is 16.7 Å². The highest BCUT2D eigenvalue weighted by atomic mass is 79.9. The minimum absolute atomic E-state index is 0.181. The van der Waals surface area contributed by atoms with Crippen molar-refractivity contribution in [2.75, 3.05) is 19.0 Å². The van der Waals surface area contributed by atoms with Gasteiger partial charge in [0.25, 0.3) is 11.1 Å². The van der Waals surface area contributed by atoms with Crippen LogP contribution in [0.25, 0.3) is 6.08 Å². The maximum absolute atomic E-state index is 12.9.